The van der Waals surface area contributed by atoms with Crippen molar-refractivity contribution in [1.82, 2.24) is 0 Å². The number of hydrogen-bond acceptors (Lipinski definition) is 5. The summed E-state index contributed by atoms with van der Waals surface area (Å²) >= 11 is 1.14. The molecule has 2 rings (SSSR count). The number of anilines is 2. The van der Waals surface area contributed by atoms with E-state index >= 15 is 0 Å². The third kappa shape index (κ3) is 2.49. The molecule has 0 atom stereocenters. The summed E-state index contributed by atoms with van der Waals surface area (Å²) in [5, 5.41) is 12.7. The van der Waals surface area contributed by atoms with Gasteiger partial charge in [0, 0.05) is 12.1 Å². The Morgan fingerprint density at radius 1 is 1.45 bits per heavy atom. The second kappa shape index (κ2) is 5.72. The number of nitrogens with zero attached hydrogens (tertiary/aromatic N) is 1. The van der Waals surface area contributed by atoms with Crippen molar-refractivity contribution in [2.45, 2.75) is 6.92 Å². The number of benzene rings is 1. The van der Waals surface area contributed by atoms with Crippen molar-refractivity contribution in [3.05, 3.63) is 46.1 Å². The molecule has 0 saturated heterocycles. The quantitative estimate of drug-likeness (QED) is 0.848. The van der Waals surface area contributed by atoms with Crippen molar-refractivity contribution < 1.29 is 9.18 Å². The zero-order valence-electron chi connectivity index (χ0n) is 10.7. The summed E-state index contributed by atoms with van der Waals surface area (Å²) in [5.41, 5.74) is 6.65. The van der Waals surface area contributed by atoms with Crippen LogP contribution in [0, 0.1) is 17.1 Å². The van der Waals surface area contributed by atoms with Crippen LogP contribution in [0.15, 0.2) is 24.3 Å². The van der Waals surface area contributed by atoms with Gasteiger partial charge in [0.05, 0.1) is 5.69 Å². The van der Waals surface area contributed by atoms with Crippen LogP contribution in [-0.2, 0) is 0 Å². The van der Waals surface area contributed by atoms with Gasteiger partial charge in [-0.15, -0.1) is 11.3 Å². The van der Waals surface area contributed by atoms with Crippen molar-refractivity contribution in [1.29, 1.82) is 5.26 Å². The van der Waals surface area contributed by atoms with Gasteiger partial charge < -0.3 is 11.1 Å². The maximum absolute atomic E-state index is 12.9. The summed E-state index contributed by atoms with van der Waals surface area (Å²) < 4.78 is 12.9. The molecule has 1 heterocycles. The number of rotatable bonds is 4. The Labute approximate surface area is 119 Å². The van der Waals surface area contributed by atoms with Crippen LogP contribution in [0.3, 0.4) is 0 Å². The van der Waals surface area contributed by atoms with Gasteiger partial charge in [-0.2, -0.15) is 5.26 Å². The molecule has 2 aromatic rings. The number of nitrogen functional groups attached to an aromatic ring is 1. The van der Waals surface area contributed by atoms with E-state index in [-0.39, 0.29) is 17.0 Å². The second-order valence-corrected chi connectivity index (χ2v) is 5.05. The minimum atomic E-state index is -0.410. The number of nitriles is 1. The lowest BCUT2D eigenvalue weighted by atomic mass is 10.1. The Balaban J connectivity index is 2.45. The second-order valence-electron chi connectivity index (χ2n) is 4.03. The average Bonchev–Trinajstić information content (AvgIpc) is 2.75. The highest BCUT2D eigenvalue weighted by Crippen LogP contribution is 2.36. The van der Waals surface area contributed by atoms with Gasteiger partial charge in [0.2, 0.25) is 5.78 Å². The van der Waals surface area contributed by atoms with Crippen LogP contribution in [0.4, 0.5) is 15.1 Å². The Bertz CT molecular complexity index is 686. The monoisotopic (exact) mass is 289 g/mol. The number of ketones is 1. The van der Waals surface area contributed by atoms with E-state index in [4.69, 9.17) is 11.0 Å². The first-order chi connectivity index (χ1) is 9.58. The molecule has 0 amide bonds. The summed E-state index contributed by atoms with van der Waals surface area (Å²) in [6.07, 6.45) is 0. The highest BCUT2D eigenvalue weighted by atomic mass is 32.1. The third-order valence-electron chi connectivity index (χ3n) is 2.71. The van der Waals surface area contributed by atoms with Gasteiger partial charge in [-0.25, -0.2) is 4.39 Å². The molecular formula is C14H12FN3OS. The van der Waals surface area contributed by atoms with Gasteiger partial charge in [0.25, 0.3) is 0 Å². The maximum atomic E-state index is 12.9. The van der Waals surface area contributed by atoms with Crippen LogP contribution in [0.25, 0.3) is 0 Å². The normalized spacial score (nSPS) is 10.1. The van der Waals surface area contributed by atoms with Crippen LogP contribution in [0.2, 0.25) is 0 Å². The summed E-state index contributed by atoms with van der Waals surface area (Å²) in [7, 11) is 0. The van der Waals surface area contributed by atoms with Crippen molar-refractivity contribution in [3.63, 3.8) is 0 Å². The van der Waals surface area contributed by atoms with Crippen LogP contribution < -0.4 is 11.1 Å². The minimum absolute atomic E-state index is 0.169. The molecule has 0 fully saturated rings. The molecular weight excluding hydrogens is 277 g/mol. The molecule has 0 saturated carbocycles. The molecule has 0 unspecified atom stereocenters. The number of nitrogens with two attached hydrogens (primary N) is 1. The van der Waals surface area contributed by atoms with E-state index in [0.717, 1.165) is 11.3 Å². The lowest BCUT2D eigenvalue weighted by Gasteiger charge is -1.99. The number of thiophene rings is 1. The summed E-state index contributed by atoms with van der Waals surface area (Å²) in [6, 6.07) is 7.22. The van der Waals surface area contributed by atoms with Gasteiger partial charge in [0.15, 0.2) is 0 Å². The molecule has 6 heteroatoms. The molecule has 3 N–H and O–H groups in total. The fourth-order valence-corrected chi connectivity index (χ4v) is 2.84. The predicted octanol–water partition coefficient (Wildman–Crippen LogP) is 3.00. The maximum Gasteiger partial charge on any atom is 0.205 e. The van der Waals surface area contributed by atoms with E-state index in [1.807, 2.05) is 13.0 Å². The van der Waals surface area contributed by atoms with E-state index in [2.05, 4.69) is 5.32 Å². The van der Waals surface area contributed by atoms with Crippen molar-refractivity contribution >= 4 is 27.8 Å². The van der Waals surface area contributed by atoms with E-state index < -0.39 is 5.82 Å². The third-order valence-corrected chi connectivity index (χ3v) is 3.87. The van der Waals surface area contributed by atoms with Crippen LogP contribution in [0.1, 0.15) is 27.7 Å². The molecule has 0 aliphatic carbocycles. The predicted molar refractivity (Wildman–Crippen MR) is 77.4 cm³/mol. The smallest absolute Gasteiger partial charge is 0.205 e. The minimum Gasteiger partial charge on any atom is -0.396 e. The highest BCUT2D eigenvalue weighted by Gasteiger charge is 2.21. The molecule has 0 spiro atoms. The summed E-state index contributed by atoms with van der Waals surface area (Å²) in [6.45, 7) is 2.51. The van der Waals surface area contributed by atoms with Crippen molar-refractivity contribution in [3.8, 4) is 6.07 Å². The number of halogens is 1. The first-order valence-corrected chi connectivity index (χ1v) is 6.76. The van der Waals surface area contributed by atoms with Gasteiger partial charge in [-0.1, -0.05) is 0 Å². The molecule has 102 valence electrons. The fraction of sp³-hybridized carbons (Fsp3) is 0.143. The van der Waals surface area contributed by atoms with E-state index in [1.165, 1.54) is 24.3 Å². The Hall–Kier alpha value is -2.39. The number of nitrogens with one attached hydrogen (secondary N) is 1. The highest BCUT2D eigenvalue weighted by molar-refractivity contribution is 7.19. The van der Waals surface area contributed by atoms with Crippen LogP contribution in [-0.4, -0.2) is 12.3 Å². The molecule has 1 aromatic heterocycles. The summed E-state index contributed by atoms with van der Waals surface area (Å²) in [4.78, 5) is 12.6. The molecule has 0 aliphatic heterocycles. The molecule has 0 aliphatic rings. The average molecular weight is 289 g/mol. The number of carbonyl (C=O) groups is 1. The van der Waals surface area contributed by atoms with Crippen LogP contribution >= 0.6 is 11.3 Å². The van der Waals surface area contributed by atoms with Gasteiger partial charge >= 0.3 is 0 Å². The van der Waals surface area contributed by atoms with Gasteiger partial charge in [-0.05, 0) is 31.2 Å². The lowest BCUT2D eigenvalue weighted by Crippen LogP contribution is -2.02. The number of hydrogen-bond donors (Lipinski definition) is 2. The molecule has 20 heavy (non-hydrogen) atoms. The Kier molecular flexibility index (Phi) is 4.01. The van der Waals surface area contributed by atoms with Crippen molar-refractivity contribution in [2.75, 3.05) is 17.6 Å². The van der Waals surface area contributed by atoms with Crippen molar-refractivity contribution in [2.24, 2.45) is 0 Å². The zero-order chi connectivity index (χ0) is 14.7. The Morgan fingerprint density at radius 2 is 2.10 bits per heavy atom. The molecule has 1 aromatic carbocycles. The molecule has 0 bridgehead atoms. The van der Waals surface area contributed by atoms with Gasteiger partial charge in [0.1, 0.15) is 27.3 Å². The molecule has 4 nitrogen and oxygen atoms in total. The first kappa shape index (κ1) is 14.0. The number of carbonyl (C=O) groups excluding carboxylic acids is 1. The van der Waals surface area contributed by atoms with Gasteiger partial charge in [-0.3, -0.25) is 4.79 Å². The fourth-order valence-electron chi connectivity index (χ4n) is 1.74. The molecule has 0 radical (unpaired) electrons. The summed E-state index contributed by atoms with van der Waals surface area (Å²) in [5.74, 6) is -0.722. The van der Waals surface area contributed by atoms with E-state index in [0.29, 0.717) is 22.0 Å². The SMILES string of the molecule is CCNc1sc(C(=O)c2ccc(F)cc2)c(N)c1C#N. The Morgan fingerprint density at radius 3 is 2.65 bits per heavy atom. The largest absolute Gasteiger partial charge is 0.396 e. The van der Waals surface area contributed by atoms with E-state index in [1.54, 1.807) is 0 Å². The van der Waals surface area contributed by atoms with E-state index in [9.17, 15) is 9.18 Å². The lowest BCUT2D eigenvalue weighted by molar-refractivity contribution is 0.104. The topological polar surface area (TPSA) is 78.9 Å². The van der Waals surface area contributed by atoms with Crippen LogP contribution in [0.5, 0.6) is 0 Å². The zero-order valence-corrected chi connectivity index (χ0v) is 11.6. The first-order valence-electron chi connectivity index (χ1n) is 5.95. The standard InChI is InChI=1S/C14H12FN3OS/c1-2-18-14-10(7-16)11(17)13(20-14)12(19)8-3-5-9(15)6-4-8/h3-6,18H,2,17H2,1H3.